The van der Waals surface area contributed by atoms with Gasteiger partial charge in [0.2, 0.25) is 0 Å². The first-order valence-electron chi connectivity index (χ1n) is 5.03. The molecule has 3 heteroatoms. The second kappa shape index (κ2) is 4.22. The molecule has 1 aliphatic carbocycles. The molecule has 0 aromatic carbocycles. The van der Waals surface area contributed by atoms with Crippen molar-refractivity contribution < 1.29 is 9.84 Å². The number of hydrogen-bond donors (Lipinski definition) is 2. The van der Waals surface area contributed by atoms with E-state index in [1.54, 1.807) is 0 Å². The SMILES string of the molecule is OC1COCC1NC1CC=CCC1. The highest BCUT2D eigenvalue weighted by atomic mass is 16.5. The molecular weight excluding hydrogens is 166 g/mol. The van der Waals surface area contributed by atoms with Gasteiger partial charge in [0.25, 0.3) is 0 Å². The Morgan fingerprint density at radius 2 is 2.23 bits per heavy atom. The van der Waals surface area contributed by atoms with Gasteiger partial charge in [0.15, 0.2) is 0 Å². The Morgan fingerprint density at radius 3 is 2.85 bits per heavy atom. The molecule has 1 heterocycles. The lowest BCUT2D eigenvalue weighted by atomic mass is 10.0. The maximum absolute atomic E-state index is 9.51. The second-order valence-corrected chi connectivity index (χ2v) is 3.86. The van der Waals surface area contributed by atoms with Crippen LogP contribution in [0.15, 0.2) is 12.2 Å². The van der Waals surface area contributed by atoms with Crippen molar-refractivity contribution in [2.24, 2.45) is 0 Å². The molecule has 13 heavy (non-hydrogen) atoms. The molecule has 2 rings (SSSR count). The van der Waals surface area contributed by atoms with Crippen LogP contribution in [0.5, 0.6) is 0 Å². The maximum atomic E-state index is 9.51. The van der Waals surface area contributed by atoms with Gasteiger partial charge in [-0.25, -0.2) is 0 Å². The van der Waals surface area contributed by atoms with Crippen LogP contribution < -0.4 is 5.32 Å². The summed E-state index contributed by atoms with van der Waals surface area (Å²) in [6.07, 6.45) is 7.54. The van der Waals surface area contributed by atoms with Crippen LogP contribution in [0.2, 0.25) is 0 Å². The zero-order valence-corrected chi connectivity index (χ0v) is 7.78. The summed E-state index contributed by atoms with van der Waals surface area (Å²) >= 11 is 0. The Morgan fingerprint density at radius 1 is 1.31 bits per heavy atom. The van der Waals surface area contributed by atoms with Crippen molar-refractivity contribution in [3.05, 3.63) is 12.2 Å². The molecule has 0 aromatic heterocycles. The predicted octanol–water partition coefficient (Wildman–Crippen LogP) is 0.444. The zero-order chi connectivity index (χ0) is 9.10. The Balaban J connectivity index is 1.79. The van der Waals surface area contributed by atoms with Gasteiger partial charge in [0.1, 0.15) is 0 Å². The molecule has 0 saturated carbocycles. The minimum Gasteiger partial charge on any atom is -0.389 e. The molecule has 2 aliphatic rings. The monoisotopic (exact) mass is 183 g/mol. The van der Waals surface area contributed by atoms with Gasteiger partial charge in [-0.15, -0.1) is 0 Å². The van der Waals surface area contributed by atoms with Crippen LogP contribution in [0.4, 0.5) is 0 Å². The van der Waals surface area contributed by atoms with Gasteiger partial charge in [-0.2, -0.15) is 0 Å². The fourth-order valence-corrected chi connectivity index (χ4v) is 1.95. The average Bonchev–Trinajstić information content (AvgIpc) is 2.54. The number of aliphatic hydroxyl groups excluding tert-OH is 1. The minimum atomic E-state index is -0.314. The van der Waals surface area contributed by atoms with Gasteiger partial charge >= 0.3 is 0 Å². The molecule has 0 spiro atoms. The van der Waals surface area contributed by atoms with E-state index in [1.165, 1.54) is 6.42 Å². The van der Waals surface area contributed by atoms with Crippen molar-refractivity contribution in [2.45, 2.75) is 37.5 Å². The quantitative estimate of drug-likeness (QED) is 0.611. The minimum absolute atomic E-state index is 0.150. The lowest BCUT2D eigenvalue weighted by Crippen LogP contribution is -2.45. The predicted molar refractivity (Wildman–Crippen MR) is 50.5 cm³/mol. The van der Waals surface area contributed by atoms with Crippen molar-refractivity contribution >= 4 is 0 Å². The second-order valence-electron chi connectivity index (χ2n) is 3.86. The van der Waals surface area contributed by atoms with Gasteiger partial charge in [-0.3, -0.25) is 0 Å². The van der Waals surface area contributed by atoms with E-state index in [2.05, 4.69) is 17.5 Å². The Hall–Kier alpha value is -0.380. The summed E-state index contributed by atoms with van der Waals surface area (Å²) in [4.78, 5) is 0. The number of nitrogens with one attached hydrogen (secondary N) is 1. The first-order valence-corrected chi connectivity index (χ1v) is 5.03. The maximum Gasteiger partial charge on any atom is 0.0948 e. The molecule has 74 valence electrons. The topological polar surface area (TPSA) is 41.5 Å². The van der Waals surface area contributed by atoms with E-state index in [0.717, 1.165) is 12.8 Å². The van der Waals surface area contributed by atoms with Crippen LogP contribution in [-0.4, -0.2) is 36.5 Å². The highest BCUT2D eigenvalue weighted by molar-refractivity contribution is 4.95. The standard InChI is InChI=1S/C10H17NO2/c12-10-7-13-6-9(10)11-8-4-2-1-3-5-8/h1-2,8-12H,3-7H2. The van der Waals surface area contributed by atoms with E-state index < -0.39 is 0 Å². The third-order valence-corrected chi connectivity index (χ3v) is 2.77. The summed E-state index contributed by atoms with van der Waals surface area (Å²) in [7, 11) is 0. The van der Waals surface area contributed by atoms with Crippen LogP contribution >= 0.6 is 0 Å². The number of rotatable bonds is 2. The molecule has 1 aliphatic heterocycles. The molecule has 0 bridgehead atoms. The largest absolute Gasteiger partial charge is 0.389 e. The molecule has 1 saturated heterocycles. The number of hydrogen-bond acceptors (Lipinski definition) is 3. The van der Waals surface area contributed by atoms with Crippen LogP contribution in [0.3, 0.4) is 0 Å². The first kappa shape index (κ1) is 9.19. The molecule has 3 atom stereocenters. The third kappa shape index (κ3) is 2.30. The summed E-state index contributed by atoms with van der Waals surface area (Å²) in [6, 6.07) is 0.683. The molecule has 0 amide bonds. The summed E-state index contributed by atoms with van der Waals surface area (Å²) in [5, 5.41) is 13.0. The van der Waals surface area contributed by atoms with E-state index >= 15 is 0 Å². The fourth-order valence-electron chi connectivity index (χ4n) is 1.95. The van der Waals surface area contributed by atoms with E-state index in [1.807, 2.05) is 0 Å². The van der Waals surface area contributed by atoms with Crippen molar-refractivity contribution in [3.63, 3.8) is 0 Å². The first-order chi connectivity index (χ1) is 6.36. The molecule has 0 radical (unpaired) electrons. The third-order valence-electron chi connectivity index (χ3n) is 2.77. The van der Waals surface area contributed by atoms with E-state index in [4.69, 9.17) is 4.74 Å². The zero-order valence-electron chi connectivity index (χ0n) is 7.78. The lowest BCUT2D eigenvalue weighted by molar-refractivity contribution is 0.121. The molecular formula is C10H17NO2. The highest BCUT2D eigenvalue weighted by Crippen LogP contribution is 2.14. The molecule has 3 nitrogen and oxygen atoms in total. The number of allylic oxidation sites excluding steroid dienone is 1. The van der Waals surface area contributed by atoms with Crippen molar-refractivity contribution in [1.29, 1.82) is 0 Å². The van der Waals surface area contributed by atoms with Crippen LogP contribution in [0.25, 0.3) is 0 Å². The number of aliphatic hydroxyl groups is 1. The van der Waals surface area contributed by atoms with Crippen molar-refractivity contribution in [1.82, 2.24) is 5.32 Å². The highest BCUT2D eigenvalue weighted by Gasteiger charge is 2.27. The Labute approximate surface area is 78.8 Å². The van der Waals surface area contributed by atoms with Crippen LogP contribution in [0.1, 0.15) is 19.3 Å². The van der Waals surface area contributed by atoms with E-state index in [-0.39, 0.29) is 12.1 Å². The smallest absolute Gasteiger partial charge is 0.0948 e. The van der Waals surface area contributed by atoms with Gasteiger partial charge in [0.05, 0.1) is 25.4 Å². The summed E-state index contributed by atoms with van der Waals surface area (Å²) in [5.41, 5.74) is 0. The average molecular weight is 183 g/mol. The van der Waals surface area contributed by atoms with Crippen LogP contribution in [0, 0.1) is 0 Å². The van der Waals surface area contributed by atoms with Crippen molar-refractivity contribution in [2.75, 3.05) is 13.2 Å². The van der Waals surface area contributed by atoms with E-state index in [9.17, 15) is 5.11 Å². The lowest BCUT2D eigenvalue weighted by Gasteiger charge is -2.24. The molecule has 3 unspecified atom stereocenters. The summed E-state index contributed by atoms with van der Waals surface area (Å²) < 4.78 is 5.18. The normalized spacial score (nSPS) is 39.6. The van der Waals surface area contributed by atoms with Gasteiger partial charge < -0.3 is 15.2 Å². The molecule has 1 fully saturated rings. The fraction of sp³-hybridized carbons (Fsp3) is 0.800. The summed E-state index contributed by atoms with van der Waals surface area (Å²) in [5.74, 6) is 0. The van der Waals surface area contributed by atoms with Gasteiger partial charge in [-0.1, -0.05) is 12.2 Å². The molecule has 2 N–H and O–H groups in total. The van der Waals surface area contributed by atoms with Gasteiger partial charge in [-0.05, 0) is 19.3 Å². The van der Waals surface area contributed by atoms with Crippen LogP contribution in [-0.2, 0) is 4.74 Å². The Bertz CT molecular complexity index is 193. The van der Waals surface area contributed by atoms with E-state index in [0.29, 0.717) is 19.3 Å². The Kier molecular flexibility index (Phi) is 2.98. The molecule has 0 aromatic rings. The van der Waals surface area contributed by atoms with Gasteiger partial charge in [0, 0.05) is 6.04 Å². The van der Waals surface area contributed by atoms with Crippen molar-refractivity contribution in [3.8, 4) is 0 Å². The number of ether oxygens (including phenoxy) is 1. The summed E-state index contributed by atoms with van der Waals surface area (Å²) in [6.45, 7) is 1.14.